The van der Waals surface area contributed by atoms with Crippen molar-refractivity contribution < 1.29 is 14.5 Å². The highest BCUT2D eigenvalue weighted by molar-refractivity contribution is 7.14. The Morgan fingerprint density at radius 3 is 2.76 bits per heavy atom. The molecule has 0 saturated heterocycles. The molecule has 0 saturated carbocycles. The van der Waals surface area contributed by atoms with Crippen molar-refractivity contribution in [1.82, 2.24) is 4.98 Å². The van der Waals surface area contributed by atoms with Gasteiger partial charge in [-0.1, -0.05) is 32.0 Å². The largest absolute Gasteiger partial charge is 0.484 e. The van der Waals surface area contributed by atoms with E-state index in [0.717, 1.165) is 5.56 Å². The van der Waals surface area contributed by atoms with Crippen molar-refractivity contribution in [3.63, 3.8) is 0 Å². The third-order valence-electron chi connectivity index (χ3n) is 4.34. The first kappa shape index (κ1) is 20.5. The van der Waals surface area contributed by atoms with Crippen molar-refractivity contribution in [2.45, 2.75) is 26.7 Å². The van der Waals surface area contributed by atoms with E-state index in [1.807, 2.05) is 25.1 Å². The summed E-state index contributed by atoms with van der Waals surface area (Å²) in [6.07, 6.45) is 0. The van der Waals surface area contributed by atoms with Crippen LogP contribution in [-0.4, -0.2) is 22.4 Å². The van der Waals surface area contributed by atoms with Gasteiger partial charge in [0.1, 0.15) is 5.75 Å². The summed E-state index contributed by atoms with van der Waals surface area (Å²) < 4.78 is 5.58. The summed E-state index contributed by atoms with van der Waals surface area (Å²) in [5.41, 5.74) is 3.55. The Morgan fingerprint density at radius 1 is 1.28 bits per heavy atom. The number of hydrogen-bond acceptors (Lipinski definition) is 6. The number of nitro benzene ring substituents is 1. The summed E-state index contributed by atoms with van der Waals surface area (Å²) in [6, 6.07) is 12.0. The molecule has 1 aromatic heterocycles. The van der Waals surface area contributed by atoms with E-state index in [0.29, 0.717) is 28.1 Å². The van der Waals surface area contributed by atoms with Crippen LogP contribution < -0.4 is 10.1 Å². The molecule has 1 heterocycles. The minimum Gasteiger partial charge on any atom is -0.484 e. The summed E-state index contributed by atoms with van der Waals surface area (Å²) in [6.45, 7) is 6.15. The molecule has 0 unspecified atom stereocenters. The van der Waals surface area contributed by atoms with Gasteiger partial charge in [-0.25, -0.2) is 4.98 Å². The molecule has 0 aliphatic rings. The van der Waals surface area contributed by atoms with E-state index >= 15 is 0 Å². The van der Waals surface area contributed by atoms with Crippen molar-refractivity contribution in [3.8, 4) is 17.0 Å². The standard InChI is InChI=1S/C21H21N3O4S/c1-13(2)18-8-7-17(9-14(18)3)28-11-20(25)23-21-22-19(12-29-21)15-5-4-6-16(10-15)24(26)27/h4-10,12-13H,11H2,1-3H3,(H,22,23,25). The molecule has 0 bridgehead atoms. The zero-order valence-electron chi connectivity index (χ0n) is 16.3. The number of thiazole rings is 1. The smallest absolute Gasteiger partial charge is 0.270 e. The second-order valence-corrected chi connectivity index (χ2v) is 7.71. The number of carbonyl (C=O) groups is 1. The lowest BCUT2D eigenvalue weighted by Crippen LogP contribution is -2.20. The number of carbonyl (C=O) groups excluding carboxylic acids is 1. The molecule has 3 rings (SSSR count). The van der Waals surface area contributed by atoms with Crippen LogP contribution in [0.1, 0.15) is 30.9 Å². The van der Waals surface area contributed by atoms with Crippen LogP contribution in [0.5, 0.6) is 5.75 Å². The van der Waals surface area contributed by atoms with Crippen molar-refractivity contribution in [3.05, 3.63) is 69.1 Å². The number of ether oxygens (including phenoxy) is 1. The quantitative estimate of drug-likeness (QED) is 0.428. The number of nitro groups is 1. The Kier molecular flexibility index (Phi) is 6.23. The van der Waals surface area contributed by atoms with E-state index < -0.39 is 4.92 Å². The third-order valence-corrected chi connectivity index (χ3v) is 5.09. The van der Waals surface area contributed by atoms with Gasteiger partial charge in [-0.3, -0.25) is 20.2 Å². The molecule has 1 N–H and O–H groups in total. The highest BCUT2D eigenvalue weighted by atomic mass is 32.1. The fourth-order valence-corrected chi connectivity index (χ4v) is 3.67. The predicted molar refractivity (Wildman–Crippen MR) is 114 cm³/mol. The van der Waals surface area contributed by atoms with Crippen LogP contribution in [0.25, 0.3) is 11.3 Å². The van der Waals surface area contributed by atoms with Gasteiger partial charge in [0, 0.05) is 23.1 Å². The van der Waals surface area contributed by atoms with Gasteiger partial charge < -0.3 is 4.74 Å². The molecule has 2 aromatic carbocycles. The molecule has 150 valence electrons. The lowest BCUT2D eigenvalue weighted by Gasteiger charge is -2.12. The fourth-order valence-electron chi connectivity index (χ4n) is 2.93. The Morgan fingerprint density at radius 2 is 2.07 bits per heavy atom. The van der Waals surface area contributed by atoms with Crippen LogP contribution in [0.3, 0.4) is 0 Å². The number of anilines is 1. The zero-order valence-corrected chi connectivity index (χ0v) is 17.2. The molecule has 1 amide bonds. The van der Waals surface area contributed by atoms with Gasteiger partial charge in [0.05, 0.1) is 10.6 Å². The lowest BCUT2D eigenvalue weighted by atomic mass is 9.98. The number of aromatic nitrogens is 1. The number of aryl methyl sites for hydroxylation is 1. The summed E-state index contributed by atoms with van der Waals surface area (Å²) in [4.78, 5) is 27.0. The van der Waals surface area contributed by atoms with Crippen LogP contribution >= 0.6 is 11.3 Å². The number of non-ortho nitro benzene ring substituents is 1. The van der Waals surface area contributed by atoms with Crippen LogP contribution in [-0.2, 0) is 4.79 Å². The first-order chi connectivity index (χ1) is 13.8. The third kappa shape index (κ3) is 5.17. The Labute approximate surface area is 172 Å². The molecule has 7 nitrogen and oxygen atoms in total. The molecule has 0 radical (unpaired) electrons. The molecular weight excluding hydrogens is 390 g/mol. The van der Waals surface area contributed by atoms with Crippen LogP contribution in [0, 0.1) is 17.0 Å². The summed E-state index contributed by atoms with van der Waals surface area (Å²) in [7, 11) is 0. The number of rotatable bonds is 7. The Hall–Kier alpha value is -3.26. The molecular formula is C21H21N3O4S. The minimum absolute atomic E-state index is 0.00624. The van der Waals surface area contributed by atoms with E-state index in [1.165, 1.54) is 29.0 Å². The number of amides is 1. The Bertz CT molecular complexity index is 1050. The molecule has 0 spiro atoms. The summed E-state index contributed by atoms with van der Waals surface area (Å²) >= 11 is 1.25. The van der Waals surface area contributed by atoms with E-state index in [9.17, 15) is 14.9 Å². The lowest BCUT2D eigenvalue weighted by molar-refractivity contribution is -0.384. The van der Waals surface area contributed by atoms with Crippen molar-refractivity contribution >= 4 is 28.1 Å². The maximum Gasteiger partial charge on any atom is 0.270 e. The second-order valence-electron chi connectivity index (χ2n) is 6.86. The topological polar surface area (TPSA) is 94.4 Å². The summed E-state index contributed by atoms with van der Waals surface area (Å²) in [5, 5.41) is 15.8. The van der Waals surface area contributed by atoms with Gasteiger partial charge in [-0.15, -0.1) is 11.3 Å². The maximum atomic E-state index is 12.2. The van der Waals surface area contributed by atoms with Gasteiger partial charge in [0.25, 0.3) is 11.6 Å². The van der Waals surface area contributed by atoms with Gasteiger partial charge in [0.15, 0.2) is 11.7 Å². The highest BCUT2D eigenvalue weighted by Crippen LogP contribution is 2.27. The van der Waals surface area contributed by atoms with Gasteiger partial charge in [0.2, 0.25) is 0 Å². The maximum absolute atomic E-state index is 12.2. The first-order valence-electron chi connectivity index (χ1n) is 9.07. The van der Waals surface area contributed by atoms with Crippen molar-refractivity contribution in [2.75, 3.05) is 11.9 Å². The van der Waals surface area contributed by atoms with Crippen molar-refractivity contribution in [1.29, 1.82) is 0 Å². The van der Waals surface area contributed by atoms with Gasteiger partial charge in [-0.2, -0.15) is 0 Å². The normalized spacial score (nSPS) is 10.8. The second kappa shape index (κ2) is 8.83. The van der Waals surface area contributed by atoms with E-state index in [2.05, 4.69) is 24.1 Å². The number of benzene rings is 2. The molecule has 0 atom stereocenters. The molecule has 0 fully saturated rings. The molecule has 8 heteroatoms. The number of hydrogen-bond donors (Lipinski definition) is 1. The summed E-state index contributed by atoms with van der Waals surface area (Å²) in [5.74, 6) is 0.742. The van der Waals surface area contributed by atoms with Gasteiger partial charge in [-0.05, 0) is 36.1 Å². The van der Waals surface area contributed by atoms with E-state index in [4.69, 9.17) is 4.74 Å². The van der Waals surface area contributed by atoms with Crippen LogP contribution in [0.15, 0.2) is 47.8 Å². The molecule has 29 heavy (non-hydrogen) atoms. The fraction of sp³-hybridized carbons (Fsp3) is 0.238. The monoisotopic (exact) mass is 411 g/mol. The average molecular weight is 411 g/mol. The Balaban J connectivity index is 1.60. The molecule has 0 aliphatic heterocycles. The highest BCUT2D eigenvalue weighted by Gasteiger charge is 2.12. The minimum atomic E-state index is -0.453. The van der Waals surface area contributed by atoms with E-state index in [1.54, 1.807) is 17.5 Å². The molecule has 3 aromatic rings. The average Bonchev–Trinajstić information content (AvgIpc) is 3.14. The van der Waals surface area contributed by atoms with Gasteiger partial charge >= 0.3 is 0 Å². The van der Waals surface area contributed by atoms with E-state index in [-0.39, 0.29) is 18.2 Å². The zero-order chi connectivity index (χ0) is 21.0. The van der Waals surface area contributed by atoms with Crippen molar-refractivity contribution in [2.24, 2.45) is 0 Å². The van der Waals surface area contributed by atoms with Crippen LogP contribution in [0.2, 0.25) is 0 Å². The predicted octanol–water partition coefficient (Wildman–Crippen LogP) is 5.17. The van der Waals surface area contributed by atoms with Crippen LogP contribution in [0.4, 0.5) is 10.8 Å². The number of nitrogens with zero attached hydrogens (tertiary/aromatic N) is 2. The molecule has 0 aliphatic carbocycles. The number of nitrogens with one attached hydrogen (secondary N) is 1. The first-order valence-corrected chi connectivity index (χ1v) is 9.95. The SMILES string of the molecule is Cc1cc(OCC(=O)Nc2nc(-c3cccc([N+](=O)[O-])c3)cs2)ccc1C(C)C.